The predicted molar refractivity (Wildman–Crippen MR) is 176 cm³/mol. The molecule has 0 bridgehead atoms. The molecule has 0 radical (unpaired) electrons. The number of carbonyl (C=O) groups excluding carboxylic acids is 3. The number of nitrogens with zero attached hydrogens (tertiary/aromatic N) is 5. The lowest BCUT2D eigenvalue weighted by Crippen LogP contribution is -2.56. The summed E-state index contributed by atoms with van der Waals surface area (Å²) in [5.41, 5.74) is -0.854. The third kappa shape index (κ3) is 7.00. The number of fused-ring (bicyclic) bond motifs is 3. The number of aromatic nitrogens is 4. The highest BCUT2D eigenvalue weighted by atomic mass is 32.1. The summed E-state index contributed by atoms with van der Waals surface area (Å²) in [6.45, 7) is 5.23. The highest BCUT2D eigenvalue weighted by molar-refractivity contribution is 7.17. The number of ether oxygens (including phenoxy) is 2. The average Bonchev–Trinajstić information content (AvgIpc) is 3.40. The van der Waals surface area contributed by atoms with Crippen LogP contribution in [0.15, 0.2) is 35.9 Å². The van der Waals surface area contributed by atoms with E-state index in [0.717, 1.165) is 19.3 Å². The Morgan fingerprint density at radius 1 is 1.17 bits per heavy atom. The average molecular weight is 680 g/mol. The fraction of sp³-hybridized carbons (Fsp3) is 0.545. The third-order valence-corrected chi connectivity index (χ3v) is 9.80. The van der Waals surface area contributed by atoms with Crippen LogP contribution in [0.1, 0.15) is 65.7 Å². The summed E-state index contributed by atoms with van der Waals surface area (Å²) in [5, 5.41) is 21.8. The van der Waals surface area contributed by atoms with Gasteiger partial charge in [-0.25, -0.2) is 14.6 Å². The molecule has 3 amide bonds. The van der Waals surface area contributed by atoms with Gasteiger partial charge in [0.1, 0.15) is 39.7 Å². The topological polar surface area (TPSA) is 178 Å². The number of carboxylic acids is 1. The van der Waals surface area contributed by atoms with Crippen LogP contribution in [0.2, 0.25) is 0 Å². The number of allylic oxidation sites excluding steroid dienone is 1. The Labute approximate surface area is 281 Å². The first kappa shape index (κ1) is 33.4. The van der Waals surface area contributed by atoms with Crippen molar-refractivity contribution in [3.8, 4) is 17.4 Å². The van der Waals surface area contributed by atoms with Gasteiger partial charge in [-0.05, 0) is 64.0 Å². The Balaban J connectivity index is 1.32. The van der Waals surface area contributed by atoms with Crippen molar-refractivity contribution >= 4 is 45.4 Å². The van der Waals surface area contributed by atoms with E-state index < -0.39 is 53.2 Å². The summed E-state index contributed by atoms with van der Waals surface area (Å²) < 4.78 is 14.3. The molecule has 0 spiro atoms. The Bertz CT molecular complexity index is 1750. The molecule has 0 aromatic carbocycles. The highest BCUT2D eigenvalue weighted by Crippen LogP contribution is 2.45. The number of carbonyl (C=O) groups is 4. The first-order valence-electron chi connectivity index (χ1n) is 16.3. The Morgan fingerprint density at radius 2 is 1.98 bits per heavy atom. The molecule has 1 aliphatic carbocycles. The molecule has 0 unspecified atom stereocenters. The van der Waals surface area contributed by atoms with E-state index in [4.69, 9.17) is 14.5 Å². The van der Waals surface area contributed by atoms with Gasteiger partial charge in [0.25, 0.3) is 0 Å². The van der Waals surface area contributed by atoms with Crippen molar-refractivity contribution in [2.75, 3.05) is 6.54 Å². The number of aryl methyl sites for hydroxylation is 1. The van der Waals surface area contributed by atoms with Crippen molar-refractivity contribution in [1.29, 1.82) is 0 Å². The number of aliphatic carboxylic acids is 1. The SMILES string of the molecule is Cn1nccc1-c1nc(O[C@@H]2C[C@H]3C(=O)N[C@]4(C(=O)O)C[C@H]4/C=C/CCCCC[C@H](NC(=O)OC(C)(C)C)C(=O)N3C2)c2sccc2n1. The summed E-state index contributed by atoms with van der Waals surface area (Å²) in [4.78, 5) is 64.3. The zero-order valence-corrected chi connectivity index (χ0v) is 28.3. The molecule has 2 fully saturated rings. The van der Waals surface area contributed by atoms with Crippen LogP contribution < -0.4 is 15.4 Å². The molecule has 1 saturated heterocycles. The van der Waals surface area contributed by atoms with Crippen LogP contribution in [0, 0.1) is 5.92 Å². The van der Waals surface area contributed by atoms with E-state index in [2.05, 4.69) is 20.7 Å². The number of hydrogen-bond donors (Lipinski definition) is 3. The van der Waals surface area contributed by atoms with E-state index in [9.17, 15) is 24.3 Å². The summed E-state index contributed by atoms with van der Waals surface area (Å²) in [7, 11) is 1.79. The number of amides is 3. The van der Waals surface area contributed by atoms with Gasteiger partial charge in [0.05, 0.1) is 12.1 Å². The lowest BCUT2D eigenvalue weighted by atomic mass is 10.0. The lowest BCUT2D eigenvalue weighted by Gasteiger charge is -2.30. The molecule has 1 saturated carbocycles. The van der Waals surface area contributed by atoms with Crippen molar-refractivity contribution < 1.29 is 33.8 Å². The maximum atomic E-state index is 14.3. The second kappa shape index (κ2) is 13.2. The molecule has 2 aliphatic heterocycles. The number of rotatable bonds is 5. The van der Waals surface area contributed by atoms with Crippen molar-refractivity contribution in [2.24, 2.45) is 13.0 Å². The van der Waals surface area contributed by atoms with E-state index >= 15 is 0 Å². The predicted octanol–water partition coefficient (Wildman–Crippen LogP) is 3.81. The normalized spacial score (nSPS) is 27.2. The second-order valence-electron chi connectivity index (χ2n) is 13.7. The maximum absolute atomic E-state index is 14.3. The molecule has 256 valence electrons. The molecule has 3 aromatic rings. The molecule has 5 heterocycles. The number of hydrogen-bond acceptors (Lipinski definition) is 10. The molecular weight excluding hydrogens is 638 g/mol. The monoisotopic (exact) mass is 679 g/mol. The summed E-state index contributed by atoms with van der Waals surface area (Å²) in [6.07, 6.45) is 7.81. The largest absolute Gasteiger partial charge is 0.479 e. The quantitative estimate of drug-likeness (QED) is 0.336. The summed E-state index contributed by atoms with van der Waals surface area (Å²) >= 11 is 1.41. The zero-order chi connectivity index (χ0) is 34.2. The minimum Gasteiger partial charge on any atom is -0.479 e. The summed E-state index contributed by atoms with van der Waals surface area (Å²) in [5.74, 6) is -1.79. The standard InChI is InChI=1S/C33H41N7O7S/c1-32(2,3)47-31(45)36-22-11-9-7-5-6-8-10-19-17-33(19,30(43)44)38-27(41)24-16-20(18-40(24)29(22)42)46-28-25-21(13-15-48-25)35-26(37-28)23-12-14-34-39(23)4/h8,10,12-15,19-20,22,24H,5-7,9,11,16-18H2,1-4H3,(H,36,45)(H,38,41)(H,43,44)/b10-8+/t19-,20-,22+,24+,33-/m1/s1. The van der Waals surface area contributed by atoms with Crippen LogP contribution in [-0.2, 0) is 26.2 Å². The minimum atomic E-state index is -1.44. The Kier molecular flexibility index (Phi) is 9.16. The van der Waals surface area contributed by atoms with Crippen LogP contribution >= 0.6 is 11.3 Å². The fourth-order valence-electron chi connectivity index (χ4n) is 6.38. The van der Waals surface area contributed by atoms with Crippen molar-refractivity contribution in [3.05, 3.63) is 35.9 Å². The fourth-order valence-corrected chi connectivity index (χ4v) is 7.14. The molecule has 14 nitrogen and oxygen atoms in total. The van der Waals surface area contributed by atoms with Gasteiger partial charge in [-0.1, -0.05) is 25.0 Å². The first-order valence-corrected chi connectivity index (χ1v) is 17.1. The van der Waals surface area contributed by atoms with Gasteiger partial charge in [-0.3, -0.25) is 14.3 Å². The number of thiophene rings is 1. The van der Waals surface area contributed by atoms with Crippen molar-refractivity contribution in [2.45, 2.75) is 95.0 Å². The molecule has 6 rings (SSSR count). The third-order valence-electron chi connectivity index (χ3n) is 8.91. The number of carboxylic acid groups (broad SMARTS) is 1. The highest BCUT2D eigenvalue weighted by Gasteiger charge is 2.61. The minimum absolute atomic E-state index is 0.0186. The zero-order valence-electron chi connectivity index (χ0n) is 27.5. The lowest BCUT2D eigenvalue weighted by molar-refractivity contribution is -0.145. The number of nitrogens with one attached hydrogen (secondary N) is 2. The molecule has 3 aliphatic rings. The second-order valence-corrected chi connectivity index (χ2v) is 14.6. The molecule has 3 aromatic heterocycles. The van der Waals surface area contributed by atoms with Crippen LogP contribution in [0.4, 0.5) is 4.79 Å². The van der Waals surface area contributed by atoms with Crippen molar-refractivity contribution in [3.63, 3.8) is 0 Å². The maximum Gasteiger partial charge on any atom is 0.408 e. The molecule has 3 N–H and O–H groups in total. The van der Waals surface area contributed by atoms with Crippen LogP contribution in [-0.4, -0.2) is 89.5 Å². The molecule has 5 atom stereocenters. The van der Waals surface area contributed by atoms with Crippen LogP contribution in [0.5, 0.6) is 5.88 Å². The van der Waals surface area contributed by atoms with Gasteiger partial charge in [0.2, 0.25) is 17.7 Å². The number of alkyl carbamates (subject to hydrolysis) is 1. The van der Waals surface area contributed by atoms with Gasteiger partial charge < -0.3 is 30.1 Å². The van der Waals surface area contributed by atoms with E-state index in [0.29, 0.717) is 40.5 Å². The molecular formula is C33H41N7O7S. The molecule has 48 heavy (non-hydrogen) atoms. The smallest absolute Gasteiger partial charge is 0.408 e. The Hall–Kier alpha value is -4.53. The molecule has 15 heteroatoms. The first-order chi connectivity index (χ1) is 22.8. The van der Waals surface area contributed by atoms with Gasteiger partial charge in [-0.2, -0.15) is 10.1 Å². The summed E-state index contributed by atoms with van der Waals surface area (Å²) in [6, 6.07) is 1.65. The van der Waals surface area contributed by atoms with Crippen molar-refractivity contribution in [1.82, 2.24) is 35.3 Å². The van der Waals surface area contributed by atoms with E-state index in [1.165, 1.54) is 16.2 Å². The Morgan fingerprint density at radius 3 is 2.71 bits per heavy atom. The van der Waals surface area contributed by atoms with Crippen LogP contribution in [0.3, 0.4) is 0 Å². The van der Waals surface area contributed by atoms with Gasteiger partial charge >= 0.3 is 12.1 Å². The van der Waals surface area contributed by atoms with Crippen LogP contribution in [0.25, 0.3) is 21.7 Å². The van der Waals surface area contributed by atoms with E-state index in [-0.39, 0.29) is 25.3 Å². The van der Waals surface area contributed by atoms with E-state index in [1.54, 1.807) is 44.8 Å². The van der Waals surface area contributed by atoms with Gasteiger partial charge in [0, 0.05) is 25.6 Å². The van der Waals surface area contributed by atoms with E-state index in [1.807, 2.05) is 23.6 Å². The van der Waals surface area contributed by atoms with Gasteiger partial charge in [0.15, 0.2) is 5.82 Å². The van der Waals surface area contributed by atoms with Gasteiger partial charge in [-0.15, -0.1) is 11.3 Å².